The Balaban J connectivity index is 0.000000298. The van der Waals surface area contributed by atoms with E-state index in [2.05, 4.69) is 54.6 Å². The zero-order chi connectivity index (χ0) is 57.1. The van der Waals surface area contributed by atoms with Gasteiger partial charge < -0.3 is 93.5 Å². The summed E-state index contributed by atoms with van der Waals surface area (Å²) >= 11 is 5.05. The molecule has 0 unspecified atom stereocenters. The summed E-state index contributed by atoms with van der Waals surface area (Å²) in [6.07, 6.45) is 1.27. The molecule has 2 fully saturated rings. The molecule has 4 aromatic heterocycles. The van der Waals surface area contributed by atoms with Gasteiger partial charge in [-0.15, -0.1) is 0 Å². The number of ether oxygens (including phenoxy) is 2. The molecule has 1 amide bonds. The number of carbonyl (C=O) groups is 2. The van der Waals surface area contributed by atoms with E-state index in [0.29, 0.717) is 66.0 Å². The van der Waals surface area contributed by atoms with Crippen molar-refractivity contribution in [3.8, 4) is 45.3 Å². The maximum Gasteiger partial charge on any atom is 0.411 e. The molecule has 0 radical (unpaired) electrons. The van der Waals surface area contributed by atoms with E-state index in [-0.39, 0.29) is 67.3 Å². The van der Waals surface area contributed by atoms with Crippen LogP contribution in [0.25, 0.3) is 45.3 Å². The third kappa shape index (κ3) is 22.3. The van der Waals surface area contributed by atoms with Crippen LogP contribution in [-0.2, 0) is 22.6 Å². The van der Waals surface area contributed by atoms with Gasteiger partial charge in [0.15, 0.2) is 0 Å². The number of aryl methyl sites for hydroxylation is 2. The number of nitrogens with zero attached hydrogens (tertiary/aromatic N) is 8. The number of aromatic nitrogens is 8. The Labute approximate surface area is 522 Å². The summed E-state index contributed by atoms with van der Waals surface area (Å²) in [7, 11) is 4.46. The minimum Gasteiger partial charge on any atom is -1.00 e. The first kappa shape index (κ1) is 70.2. The number of hydrogen-bond donors (Lipinski definition) is 6. The molecule has 4 aromatic carbocycles. The molecule has 0 bridgehead atoms. The van der Waals surface area contributed by atoms with Gasteiger partial charge in [-0.2, -0.15) is 20.2 Å². The summed E-state index contributed by atoms with van der Waals surface area (Å²) in [5.41, 5.74) is 12.5. The van der Waals surface area contributed by atoms with Crippen LogP contribution in [0.15, 0.2) is 140 Å². The first-order chi connectivity index (χ1) is 39.2. The lowest BCUT2D eigenvalue weighted by atomic mass is 10.1. The van der Waals surface area contributed by atoms with Crippen molar-refractivity contribution in [2.24, 2.45) is 0 Å². The highest BCUT2D eigenvalue weighted by Gasteiger charge is 2.21. The quantitative estimate of drug-likeness (QED) is 0.0281. The van der Waals surface area contributed by atoms with E-state index < -0.39 is 11.5 Å². The Morgan fingerprint density at radius 1 is 0.576 bits per heavy atom. The van der Waals surface area contributed by atoms with Crippen molar-refractivity contribution in [2.75, 3.05) is 104 Å². The van der Waals surface area contributed by atoms with E-state index >= 15 is 0 Å². The third-order valence-electron chi connectivity index (χ3n) is 13.9. The highest BCUT2D eigenvalue weighted by molar-refractivity contribution is 6.61. The Morgan fingerprint density at radius 2 is 1.00 bits per heavy atom. The molecular weight excluding hydrogens is 1200 g/mol. The fourth-order valence-electron chi connectivity index (χ4n) is 9.31. The summed E-state index contributed by atoms with van der Waals surface area (Å²) in [6, 6.07) is 36.4. The molecule has 0 atom stereocenters. The lowest BCUT2D eigenvalue weighted by molar-refractivity contribution is -1.00. The van der Waals surface area contributed by atoms with E-state index in [9.17, 15) is 19.2 Å². The summed E-state index contributed by atoms with van der Waals surface area (Å²) in [5.74, 6) is 2.08. The standard InChI is InChI=1S/C29H33N7O4.C20H17N5O2.C9H17ClN2O2.4ClH/c1-21-30-28(33-40-21)24-9-7-23(8-10-24)26-11-12-27(37)36(32-26)20-22-5-3-6-25(19-22)31-29(38)39-18-4-13-35-16-14-34(2)15-17-35;1-13-22-20(24-27-13)16-7-5-15(6-8-16)18-9-10-19(26)25(23-18)12-14-3-2-4-17(21)11-14;1-11-4-6-12(7-5-11)3-2-8-14-9(10)13;;;;/h3,5-12,19H,4,13-18,20H2,1-2H3,(H,31,38);2-11H,12,21H2,1H3;2-8H2,1H3;4*1H. The molecule has 85 heavy (non-hydrogen) atoms. The summed E-state index contributed by atoms with van der Waals surface area (Å²) in [4.78, 5) is 62.2. The van der Waals surface area contributed by atoms with Crippen molar-refractivity contribution in [1.82, 2.24) is 39.8 Å². The first-order valence-electron chi connectivity index (χ1n) is 27.2. The first-order valence-corrected chi connectivity index (χ1v) is 27.5. The van der Waals surface area contributed by atoms with Gasteiger partial charge in [-0.1, -0.05) is 83.1 Å². The number of likely N-dealkylation sites (N-methyl/N-ethyl adjacent to an activating group) is 2. The normalized spacial score (nSPS) is 15.9. The van der Waals surface area contributed by atoms with E-state index in [1.807, 2.05) is 91.0 Å². The molecule has 456 valence electrons. The number of benzene rings is 4. The second kappa shape index (κ2) is 35.3. The Kier molecular flexibility index (Phi) is 29.1. The van der Waals surface area contributed by atoms with E-state index in [1.165, 1.54) is 73.9 Å². The van der Waals surface area contributed by atoms with Gasteiger partial charge in [0.05, 0.1) is 64.9 Å². The summed E-state index contributed by atoms with van der Waals surface area (Å²) in [6.45, 7) is 16.7. The van der Waals surface area contributed by atoms with Crippen molar-refractivity contribution in [2.45, 2.75) is 39.8 Å². The average Bonchev–Trinajstić information content (AvgIpc) is 4.22. The number of amides is 1. The van der Waals surface area contributed by atoms with Crippen molar-refractivity contribution in [3.05, 3.63) is 165 Å². The number of carbonyl (C=O) groups excluding carboxylic acids is 2. The lowest BCUT2D eigenvalue weighted by Crippen LogP contribution is -3.27. The number of hydrogen-bond acceptors (Lipinski definition) is 15. The van der Waals surface area contributed by atoms with Crippen LogP contribution < -0.4 is 91.4 Å². The predicted octanol–water partition coefficient (Wildman–Crippen LogP) is -10.3. The zero-order valence-corrected chi connectivity index (χ0v) is 51.5. The molecule has 27 heteroatoms. The minimum absolute atomic E-state index is 0. The van der Waals surface area contributed by atoms with Gasteiger partial charge in [0.2, 0.25) is 23.4 Å². The maximum atomic E-state index is 12.6. The largest absolute Gasteiger partial charge is 1.00 e. The lowest BCUT2D eigenvalue weighted by Gasteiger charge is -2.27. The number of halogens is 5. The van der Waals surface area contributed by atoms with Gasteiger partial charge in [-0.25, -0.2) is 19.0 Å². The molecule has 0 spiro atoms. The van der Waals surface area contributed by atoms with Gasteiger partial charge in [0, 0.05) is 84.1 Å². The van der Waals surface area contributed by atoms with Crippen LogP contribution in [0.2, 0.25) is 0 Å². The second-order valence-electron chi connectivity index (χ2n) is 20.3. The van der Waals surface area contributed by atoms with Crippen LogP contribution in [0.1, 0.15) is 35.7 Å². The van der Waals surface area contributed by atoms with Crippen molar-refractivity contribution in [1.29, 1.82) is 0 Å². The topological polar surface area (TPSA) is 256 Å². The van der Waals surface area contributed by atoms with Gasteiger partial charge in [-0.05, 0) is 47.5 Å². The Hall–Kier alpha value is -7.25. The highest BCUT2D eigenvalue weighted by atomic mass is 35.5. The number of nitrogens with two attached hydrogens (primary N) is 1. The molecule has 2 saturated heterocycles. The molecule has 0 aliphatic carbocycles. The smallest absolute Gasteiger partial charge is 0.411 e. The van der Waals surface area contributed by atoms with Crippen LogP contribution in [-0.4, -0.2) is 144 Å². The molecule has 0 saturated carbocycles. The molecular formula is C58H71Cl5N14O8. The fourth-order valence-corrected chi connectivity index (χ4v) is 9.38. The second-order valence-corrected chi connectivity index (χ2v) is 20.6. The molecule has 2 aliphatic rings. The molecule has 8 aromatic rings. The number of quaternary nitrogens is 4. The van der Waals surface area contributed by atoms with Gasteiger partial charge in [0.1, 0.15) is 52.4 Å². The van der Waals surface area contributed by atoms with Crippen LogP contribution in [0.3, 0.4) is 0 Å². The maximum absolute atomic E-state index is 12.6. The molecule has 22 nitrogen and oxygen atoms in total. The molecule has 7 N–H and O–H groups in total. The zero-order valence-electron chi connectivity index (χ0n) is 47.7. The van der Waals surface area contributed by atoms with E-state index in [0.717, 1.165) is 59.3 Å². The minimum atomic E-state index is -0.692. The SMILES string of the molecule is C[NH+]1CC[NH+](CCCOC(=O)Cl)CC1.Cc1nc(-c2ccc(-c3ccc(=O)n(Cc4cccc(N)c4)n3)cc2)no1.Cc1nc(-c2ccc(-c3ccc(=O)n(Cc4cccc(NC(=O)OCCC[NH+]5CC[NH+](C)CC5)c4)n3)cc2)no1.[Cl-].[Cl-].[Cl-].[Cl-]. The number of rotatable bonds is 17. The van der Waals surface area contributed by atoms with Crippen LogP contribution in [0.5, 0.6) is 0 Å². The van der Waals surface area contributed by atoms with Crippen molar-refractivity contribution >= 4 is 34.5 Å². The van der Waals surface area contributed by atoms with Crippen molar-refractivity contribution < 1.29 is 97.3 Å². The van der Waals surface area contributed by atoms with Gasteiger partial charge in [-0.3, -0.25) is 14.9 Å². The molecule has 10 rings (SSSR count). The van der Waals surface area contributed by atoms with Crippen LogP contribution >= 0.6 is 11.6 Å². The monoisotopic (exact) mass is 1270 g/mol. The highest BCUT2D eigenvalue weighted by Crippen LogP contribution is 2.23. The summed E-state index contributed by atoms with van der Waals surface area (Å²) in [5, 5.41) is 19.7. The number of anilines is 2. The van der Waals surface area contributed by atoms with Crippen LogP contribution in [0, 0.1) is 13.8 Å². The Morgan fingerprint density at radius 3 is 1.42 bits per heavy atom. The molecule has 2 aliphatic heterocycles. The summed E-state index contributed by atoms with van der Waals surface area (Å²) < 4.78 is 22.9. The average molecular weight is 1270 g/mol. The van der Waals surface area contributed by atoms with E-state index in [1.54, 1.807) is 51.6 Å². The van der Waals surface area contributed by atoms with E-state index in [4.69, 9.17) is 31.1 Å². The van der Waals surface area contributed by atoms with Gasteiger partial charge >= 0.3 is 11.5 Å². The number of nitrogen functional groups attached to an aromatic ring is 1. The number of piperazine rings is 2. The van der Waals surface area contributed by atoms with Crippen molar-refractivity contribution in [3.63, 3.8) is 0 Å². The third-order valence-corrected chi connectivity index (χ3v) is 14.0. The van der Waals surface area contributed by atoms with Crippen LogP contribution in [0.4, 0.5) is 21.0 Å². The Bertz CT molecular complexity index is 3440. The molecule has 6 heterocycles. The number of nitrogens with one attached hydrogen (secondary N) is 5. The fraction of sp³-hybridized carbons (Fsp3) is 0.345. The van der Waals surface area contributed by atoms with Gasteiger partial charge in [0.25, 0.3) is 11.1 Å². The predicted molar refractivity (Wildman–Crippen MR) is 305 cm³/mol.